The molecule has 0 aromatic carbocycles. The van der Waals surface area contributed by atoms with Crippen LogP contribution in [0, 0.1) is 0 Å². The molecule has 0 amide bonds. The molecule has 0 spiro atoms. The van der Waals surface area contributed by atoms with Crippen LogP contribution in [0.1, 0.15) is 32.6 Å². The van der Waals surface area contributed by atoms with Crippen LogP contribution in [0.3, 0.4) is 0 Å². The number of unbranched alkanes of at least 4 members (excludes halogenated alkanes) is 1. The van der Waals surface area contributed by atoms with Gasteiger partial charge in [0, 0.05) is 6.54 Å². The van der Waals surface area contributed by atoms with E-state index >= 15 is 0 Å². The molecule has 0 unspecified atom stereocenters. The third-order valence-electron chi connectivity index (χ3n) is 2.62. The van der Waals surface area contributed by atoms with Crippen LogP contribution in [0.5, 0.6) is 0 Å². The highest BCUT2D eigenvalue weighted by molar-refractivity contribution is 5.76. The van der Waals surface area contributed by atoms with Gasteiger partial charge in [-0.1, -0.05) is 25.5 Å². The Morgan fingerprint density at radius 2 is 2.31 bits per heavy atom. The predicted octanol–water partition coefficient (Wildman–Crippen LogP) is 0.999. The Hall–Kier alpha value is -0.870. The van der Waals surface area contributed by atoms with E-state index in [4.69, 9.17) is 4.74 Å². The van der Waals surface area contributed by atoms with Gasteiger partial charge in [0.1, 0.15) is 12.6 Å². The lowest BCUT2D eigenvalue weighted by atomic mass is 10.0. The quantitative estimate of drug-likeness (QED) is 0.543. The number of hydrogen-bond donors (Lipinski definition) is 2. The van der Waals surface area contributed by atoms with Crippen molar-refractivity contribution in [2.75, 3.05) is 13.2 Å². The van der Waals surface area contributed by atoms with Crippen molar-refractivity contribution in [3.8, 4) is 0 Å². The minimum atomic E-state index is -0.325. The first-order valence-corrected chi connectivity index (χ1v) is 5.97. The molecule has 4 heteroatoms. The maximum Gasteiger partial charge on any atom is 0.323 e. The van der Waals surface area contributed by atoms with Crippen molar-refractivity contribution in [1.82, 2.24) is 5.32 Å². The van der Waals surface area contributed by atoms with E-state index in [1.165, 1.54) is 0 Å². The number of aliphatic hydroxyl groups excluding tert-OH is 1. The number of aliphatic hydroxyl groups is 1. The summed E-state index contributed by atoms with van der Waals surface area (Å²) < 4.78 is 5.09. The number of piperidine rings is 1. The number of hydrogen-bond acceptors (Lipinski definition) is 4. The van der Waals surface area contributed by atoms with Gasteiger partial charge in [0.15, 0.2) is 0 Å². The molecule has 1 rings (SSSR count). The first-order valence-electron chi connectivity index (χ1n) is 5.97. The number of β-amino-alcohol motifs (C(OH)–C–C–N with tert-alkyl or cyclic N) is 1. The highest BCUT2D eigenvalue weighted by Gasteiger charge is 2.25. The van der Waals surface area contributed by atoms with E-state index in [1.54, 1.807) is 0 Å². The number of rotatable bonds is 5. The smallest absolute Gasteiger partial charge is 0.323 e. The first kappa shape index (κ1) is 13.2. The van der Waals surface area contributed by atoms with E-state index in [0.717, 1.165) is 12.8 Å². The maximum absolute atomic E-state index is 11.5. The highest BCUT2D eigenvalue weighted by atomic mass is 16.5. The molecule has 1 aliphatic heterocycles. The minimum Gasteiger partial charge on any atom is -0.460 e. The van der Waals surface area contributed by atoms with Crippen LogP contribution < -0.4 is 5.32 Å². The Morgan fingerprint density at radius 3 is 2.94 bits per heavy atom. The molecular formula is C12H21NO3. The van der Waals surface area contributed by atoms with Crippen LogP contribution in [-0.4, -0.2) is 36.4 Å². The van der Waals surface area contributed by atoms with Gasteiger partial charge in [0.25, 0.3) is 0 Å². The molecule has 1 fully saturated rings. The lowest BCUT2D eigenvalue weighted by Gasteiger charge is -2.25. The van der Waals surface area contributed by atoms with E-state index in [0.29, 0.717) is 26.0 Å². The normalized spacial score (nSPS) is 25.9. The van der Waals surface area contributed by atoms with Gasteiger partial charge in [-0.3, -0.25) is 4.79 Å². The van der Waals surface area contributed by atoms with Crippen molar-refractivity contribution in [2.24, 2.45) is 0 Å². The average Bonchev–Trinajstić information content (AvgIpc) is 2.29. The van der Waals surface area contributed by atoms with Crippen LogP contribution in [0.4, 0.5) is 0 Å². The van der Waals surface area contributed by atoms with Gasteiger partial charge in [0.2, 0.25) is 0 Å². The summed E-state index contributed by atoms with van der Waals surface area (Å²) in [5.74, 6) is -0.215. The Kier molecular flexibility index (Phi) is 6.11. The van der Waals surface area contributed by atoms with Gasteiger partial charge < -0.3 is 15.2 Å². The molecule has 0 aromatic heterocycles. The zero-order valence-electron chi connectivity index (χ0n) is 9.82. The summed E-state index contributed by atoms with van der Waals surface area (Å²) >= 11 is 0. The zero-order chi connectivity index (χ0) is 11.8. The second-order valence-electron chi connectivity index (χ2n) is 4.08. The van der Waals surface area contributed by atoms with E-state index < -0.39 is 0 Å². The summed E-state index contributed by atoms with van der Waals surface area (Å²) in [6, 6.07) is -0.247. The lowest BCUT2D eigenvalue weighted by Crippen LogP contribution is -2.46. The average molecular weight is 227 g/mol. The largest absolute Gasteiger partial charge is 0.460 e. The molecule has 0 aromatic rings. The third kappa shape index (κ3) is 4.77. The molecule has 2 N–H and O–H groups in total. The summed E-state index contributed by atoms with van der Waals surface area (Å²) in [4.78, 5) is 11.5. The predicted molar refractivity (Wildman–Crippen MR) is 62.0 cm³/mol. The number of ether oxygens (including phenoxy) is 1. The molecule has 0 radical (unpaired) electrons. The van der Waals surface area contributed by atoms with Crippen molar-refractivity contribution in [3.05, 3.63) is 12.2 Å². The summed E-state index contributed by atoms with van der Waals surface area (Å²) in [7, 11) is 0. The van der Waals surface area contributed by atoms with Crippen molar-refractivity contribution in [2.45, 2.75) is 44.8 Å². The maximum atomic E-state index is 11.5. The van der Waals surface area contributed by atoms with Crippen LogP contribution in [-0.2, 0) is 9.53 Å². The third-order valence-corrected chi connectivity index (χ3v) is 2.62. The fourth-order valence-corrected chi connectivity index (χ4v) is 1.63. The van der Waals surface area contributed by atoms with Gasteiger partial charge in [-0.05, 0) is 19.3 Å². The molecule has 1 aliphatic rings. The SMILES string of the molecule is CCC/C=C\COC(=O)[C@@H]1CC[C@H](O)CN1. The molecule has 0 bridgehead atoms. The molecule has 92 valence electrons. The summed E-state index contributed by atoms with van der Waals surface area (Å²) in [6.45, 7) is 2.93. The van der Waals surface area contributed by atoms with Crippen molar-refractivity contribution >= 4 is 5.97 Å². The summed E-state index contributed by atoms with van der Waals surface area (Å²) in [5.41, 5.74) is 0. The Labute approximate surface area is 96.7 Å². The highest BCUT2D eigenvalue weighted by Crippen LogP contribution is 2.09. The molecule has 2 atom stereocenters. The number of allylic oxidation sites excluding steroid dienone is 1. The monoisotopic (exact) mass is 227 g/mol. The van der Waals surface area contributed by atoms with Crippen LogP contribution in [0.15, 0.2) is 12.2 Å². The van der Waals surface area contributed by atoms with Gasteiger partial charge in [-0.25, -0.2) is 0 Å². The van der Waals surface area contributed by atoms with E-state index in [-0.39, 0.29) is 18.1 Å². The second-order valence-corrected chi connectivity index (χ2v) is 4.08. The number of esters is 1. The molecular weight excluding hydrogens is 206 g/mol. The molecule has 16 heavy (non-hydrogen) atoms. The van der Waals surface area contributed by atoms with Crippen molar-refractivity contribution in [1.29, 1.82) is 0 Å². The fraction of sp³-hybridized carbons (Fsp3) is 0.750. The van der Waals surface area contributed by atoms with Gasteiger partial charge >= 0.3 is 5.97 Å². The number of carbonyl (C=O) groups is 1. The van der Waals surface area contributed by atoms with Crippen molar-refractivity contribution < 1.29 is 14.6 Å². The second kappa shape index (κ2) is 7.41. The zero-order valence-corrected chi connectivity index (χ0v) is 9.82. The van der Waals surface area contributed by atoms with Crippen LogP contribution in [0.25, 0.3) is 0 Å². The van der Waals surface area contributed by atoms with Gasteiger partial charge in [-0.15, -0.1) is 0 Å². The minimum absolute atomic E-state index is 0.215. The molecule has 1 saturated heterocycles. The van der Waals surface area contributed by atoms with E-state index in [2.05, 4.69) is 12.2 Å². The summed E-state index contributed by atoms with van der Waals surface area (Å²) in [6.07, 6.45) is 7.01. The topological polar surface area (TPSA) is 58.6 Å². The van der Waals surface area contributed by atoms with E-state index in [1.807, 2.05) is 12.2 Å². The first-order chi connectivity index (χ1) is 7.74. The fourth-order valence-electron chi connectivity index (χ4n) is 1.63. The Morgan fingerprint density at radius 1 is 1.50 bits per heavy atom. The summed E-state index contributed by atoms with van der Waals surface area (Å²) in [5, 5.41) is 12.2. The molecule has 4 nitrogen and oxygen atoms in total. The molecule has 0 saturated carbocycles. The lowest BCUT2D eigenvalue weighted by molar-refractivity contribution is -0.146. The van der Waals surface area contributed by atoms with Gasteiger partial charge in [-0.2, -0.15) is 0 Å². The van der Waals surface area contributed by atoms with Crippen LogP contribution >= 0.6 is 0 Å². The van der Waals surface area contributed by atoms with E-state index in [9.17, 15) is 9.90 Å². The Balaban J connectivity index is 2.15. The standard InChI is InChI=1S/C12H21NO3/c1-2-3-4-5-8-16-12(15)11-7-6-10(14)9-13-11/h4-5,10-11,13-14H,2-3,6-9H2,1H3/b5-4-/t10-,11-/m0/s1. The van der Waals surface area contributed by atoms with Gasteiger partial charge in [0.05, 0.1) is 6.10 Å². The number of carbonyl (C=O) groups excluding carboxylic acids is 1. The number of nitrogens with one attached hydrogen (secondary N) is 1. The Bertz CT molecular complexity index is 232. The van der Waals surface area contributed by atoms with Crippen molar-refractivity contribution in [3.63, 3.8) is 0 Å². The van der Waals surface area contributed by atoms with Crippen LogP contribution in [0.2, 0.25) is 0 Å². The molecule has 1 heterocycles. The molecule has 0 aliphatic carbocycles.